The fourth-order valence-corrected chi connectivity index (χ4v) is 1.94. The average molecular weight is 264 g/mol. The summed E-state index contributed by atoms with van der Waals surface area (Å²) in [4.78, 5) is 11.6. The Labute approximate surface area is 102 Å². The molecule has 0 radical (unpaired) electrons. The molecule has 1 unspecified atom stereocenters. The summed E-state index contributed by atoms with van der Waals surface area (Å²) in [5.74, 6) is -0.888. The molecule has 16 heavy (non-hydrogen) atoms. The molecule has 0 saturated carbocycles. The molecule has 88 valence electrons. The minimum absolute atomic E-state index is 0.155. The van der Waals surface area contributed by atoms with Crippen LogP contribution in [0.15, 0.2) is 23.1 Å². The predicted octanol–water partition coefficient (Wildman–Crippen LogP) is 2.87. The fraction of sp³-hybridized carbons (Fsp3) is 0.300. The summed E-state index contributed by atoms with van der Waals surface area (Å²) in [6.45, 7) is 1.78. The van der Waals surface area contributed by atoms with Crippen molar-refractivity contribution in [1.82, 2.24) is 0 Å². The van der Waals surface area contributed by atoms with Crippen LogP contribution in [0.3, 0.4) is 0 Å². The number of ether oxygens (including phenoxy) is 1. The number of carbonyl (C=O) groups is 1. The summed E-state index contributed by atoms with van der Waals surface area (Å²) >= 11 is 6.49. The van der Waals surface area contributed by atoms with Gasteiger partial charge in [-0.25, -0.2) is 9.18 Å². The lowest BCUT2D eigenvalue weighted by molar-refractivity contribution is -0.145. The zero-order valence-corrected chi connectivity index (χ0v) is 10.1. The van der Waals surface area contributed by atoms with E-state index in [1.165, 1.54) is 6.07 Å². The maximum Gasteiger partial charge on any atom is 0.351 e. The summed E-state index contributed by atoms with van der Waals surface area (Å²) < 4.78 is 17.9. The Kier molecular flexibility index (Phi) is 4.89. The normalized spacial score (nSPS) is 12.2. The molecule has 3 nitrogen and oxygen atoms in total. The van der Waals surface area contributed by atoms with Gasteiger partial charge in [0, 0.05) is 4.90 Å². The number of nitrogens with two attached hydrogens (primary N) is 1. The molecule has 1 rings (SSSR count). The second kappa shape index (κ2) is 5.96. The first-order valence-corrected chi connectivity index (χ1v) is 5.82. The molecule has 0 aliphatic heterocycles. The Bertz CT molecular complexity index is 389. The highest BCUT2D eigenvalue weighted by Crippen LogP contribution is 2.30. The van der Waals surface area contributed by atoms with Crippen LogP contribution in [0.25, 0.3) is 0 Å². The summed E-state index contributed by atoms with van der Waals surface area (Å²) in [6.07, 6.45) is 0. The van der Waals surface area contributed by atoms with E-state index >= 15 is 0 Å². The van der Waals surface area contributed by atoms with Gasteiger partial charge in [0.2, 0.25) is 5.50 Å². The van der Waals surface area contributed by atoms with Crippen LogP contribution in [0.2, 0.25) is 5.02 Å². The van der Waals surface area contributed by atoms with Crippen molar-refractivity contribution in [2.75, 3.05) is 12.3 Å². The van der Waals surface area contributed by atoms with E-state index in [4.69, 9.17) is 17.3 Å². The van der Waals surface area contributed by atoms with E-state index in [2.05, 4.69) is 4.74 Å². The van der Waals surface area contributed by atoms with Crippen molar-refractivity contribution >= 4 is 35.0 Å². The predicted molar refractivity (Wildman–Crippen MR) is 63.3 cm³/mol. The van der Waals surface area contributed by atoms with E-state index in [0.717, 1.165) is 11.8 Å². The van der Waals surface area contributed by atoms with E-state index in [0.29, 0.717) is 15.6 Å². The van der Waals surface area contributed by atoms with E-state index in [9.17, 15) is 9.18 Å². The number of rotatable bonds is 4. The second-order valence-electron chi connectivity index (χ2n) is 2.87. The monoisotopic (exact) mass is 263 g/mol. The van der Waals surface area contributed by atoms with Gasteiger partial charge in [0.25, 0.3) is 0 Å². The molecule has 0 saturated heterocycles. The number of halogens is 2. The van der Waals surface area contributed by atoms with Crippen LogP contribution in [0, 0.1) is 0 Å². The highest BCUT2D eigenvalue weighted by Gasteiger charge is 2.20. The molecule has 0 fully saturated rings. The number of thioether (sulfide) groups is 1. The van der Waals surface area contributed by atoms with Gasteiger partial charge in [-0.05, 0) is 25.1 Å². The molecular formula is C10H11ClFNO2S. The number of anilines is 1. The van der Waals surface area contributed by atoms with E-state index in [1.54, 1.807) is 19.1 Å². The van der Waals surface area contributed by atoms with Gasteiger partial charge in [-0.2, -0.15) is 0 Å². The summed E-state index contributed by atoms with van der Waals surface area (Å²) in [7, 11) is 0. The molecule has 0 aliphatic carbocycles. The van der Waals surface area contributed by atoms with E-state index in [-0.39, 0.29) is 6.61 Å². The highest BCUT2D eigenvalue weighted by atomic mass is 35.5. The topological polar surface area (TPSA) is 52.3 Å². The first kappa shape index (κ1) is 13.1. The van der Waals surface area contributed by atoms with Crippen molar-refractivity contribution in [3.05, 3.63) is 23.2 Å². The van der Waals surface area contributed by atoms with Crippen molar-refractivity contribution in [2.45, 2.75) is 17.3 Å². The molecule has 0 bridgehead atoms. The van der Waals surface area contributed by atoms with Crippen molar-refractivity contribution in [3.8, 4) is 0 Å². The lowest BCUT2D eigenvalue weighted by atomic mass is 10.3. The number of hydrogen-bond acceptors (Lipinski definition) is 4. The lowest BCUT2D eigenvalue weighted by Crippen LogP contribution is -2.15. The average Bonchev–Trinajstić information content (AvgIpc) is 2.24. The van der Waals surface area contributed by atoms with Crippen LogP contribution in [-0.4, -0.2) is 18.1 Å². The summed E-state index contributed by atoms with van der Waals surface area (Å²) in [5, 5.41) is 0.334. The maximum atomic E-state index is 13.3. The molecular weight excluding hydrogens is 253 g/mol. The van der Waals surface area contributed by atoms with Crippen molar-refractivity contribution in [3.63, 3.8) is 0 Å². The van der Waals surface area contributed by atoms with Gasteiger partial charge in [0.05, 0.1) is 17.3 Å². The van der Waals surface area contributed by atoms with Gasteiger partial charge in [-0.15, -0.1) is 0 Å². The van der Waals surface area contributed by atoms with Gasteiger partial charge in [0.1, 0.15) is 0 Å². The third kappa shape index (κ3) is 3.57. The van der Waals surface area contributed by atoms with Crippen molar-refractivity contribution < 1.29 is 13.9 Å². The minimum Gasteiger partial charge on any atom is -0.463 e. The Morgan fingerprint density at radius 1 is 1.69 bits per heavy atom. The molecule has 1 atom stereocenters. The van der Waals surface area contributed by atoms with Crippen molar-refractivity contribution in [1.29, 1.82) is 0 Å². The SMILES string of the molecule is CCOC(=O)C(F)Sc1ccc(N)c(Cl)c1. The standard InChI is InChI=1S/C10H11ClFNO2S/c1-2-15-10(14)9(12)16-6-3-4-8(13)7(11)5-6/h3-5,9H,2,13H2,1H3. The Balaban J connectivity index is 2.66. The molecule has 0 heterocycles. The minimum atomic E-state index is -1.75. The smallest absolute Gasteiger partial charge is 0.351 e. The second-order valence-corrected chi connectivity index (χ2v) is 4.40. The Hall–Kier alpha value is -0.940. The number of alkyl halides is 1. The fourth-order valence-electron chi connectivity index (χ4n) is 0.957. The van der Waals surface area contributed by atoms with Crippen LogP contribution in [-0.2, 0) is 9.53 Å². The molecule has 1 aromatic carbocycles. The zero-order chi connectivity index (χ0) is 12.1. The van der Waals surface area contributed by atoms with E-state index < -0.39 is 11.5 Å². The first-order chi connectivity index (χ1) is 7.54. The third-order valence-electron chi connectivity index (χ3n) is 1.68. The molecule has 0 amide bonds. The van der Waals surface area contributed by atoms with Crippen LogP contribution in [0.1, 0.15) is 6.92 Å². The number of esters is 1. The van der Waals surface area contributed by atoms with Gasteiger partial charge in [0.15, 0.2) is 0 Å². The van der Waals surface area contributed by atoms with Crippen LogP contribution < -0.4 is 5.73 Å². The molecule has 2 N–H and O–H groups in total. The van der Waals surface area contributed by atoms with Crippen LogP contribution in [0.5, 0.6) is 0 Å². The van der Waals surface area contributed by atoms with Gasteiger partial charge < -0.3 is 10.5 Å². The number of hydrogen-bond donors (Lipinski definition) is 1. The molecule has 6 heteroatoms. The number of nitrogen functional groups attached to an aromatic ring is 1. The first-order valence-electron chi connectivity index (χ1n) is 4.57. The zero-order valence-electron chi connectivity index (χ0n) is 8.57. The van der Waals surface area contributed by atoms with Crippen LogP contribution >= 0.6 is 23.4 Å². The Morgan fingerprint density at radius 2 is 2.38 bits per heavy atom. The number of carbonyl (C=O) groups excluding carboxylic acids is 1. The lowest BCUT2D eigenvalue weighted by Gasteiger charge is -2.07. The quantitative estimate of drug-likeness (QED) is 0.516. The molecule has 0 aromatic heterocycles. The molecule has 1 aromatic rings. The summed E-state index contributed by atoms with van der Waals surface area (Å²) in [6, 6.07) is 4.66. The maximum absolute atomic E-state index is 13.3. The summed E-state index contributed by atoms with van der Waals surface area (Å²) in [5.41, 5.74) is 4.16. The largest absolute Gasteiger partial charge is 0.463 e. The molecule has 0 aliphatic rings. The van der Waals surface area contributed by atoms with Crippen LogP contribution in [0.4, 0.5) is 10.1 Å². The molecule has 0 spiro atoms. The van der Waals surface area contributed by atoms with Gasteiger partial charge >= 0.3 is 5.97 Å². The van der Waals surface area contributed by atoms with Gasteiger partial charge in [-0.1, -0.05) is 23.4 Å². The van der Waals surface area contributed by atoms with Crippen molar-refractivity contribution in [2.24, 2.45) is 0 Å². The van der Waals surface area contributed by atoms with Gasteiger partial charge in [-0.3, -0.25) is 0 Å². The Morgan fingerprint density at radius 3 is 2.94 bits per heavy atom. The highest BCUT2D eigenvalue weighted by molar-refractivity contribution is 8.00. The number of benzene rings is 1. The van der Waals surface area contributed by atoms with E-state index in [1.807, 2.05) is 0 Å². The third-order valence-corrected chi connectivity index (χ3v) is 2.94.